The highest BCUT2D eigenvalue weighted by Crippen LogP contribution is 2.29. The van der Waals surface area contributed by atoms with Crippen LogP contribution >= 0.6 is 15.9 Å². The Morgan fingerprint density at radius 3 is 2.55 bits per heavy atom. The van der Waals surface area contributed by atoms with E-state index in [0.717, 1.165) is 21.3 Å². The Bertz CT molecular complexity index is 1160. The normalized spacial score (nSPS) is 10.4. The van der Waals surface area contributed by atoms with E-state index in [1.54, 1.807) is 24.3 Å². The van der Waals surface area contributed by atoms with Gasteiger partial charge < -0.3 is 15.2 Å². The molecule has 0 aliphatic heterocycles. The number of halogens is 1. The molecule has 1 amide bonds. The van der Waals surface area contributed by atoms with E-state index in [1.807, 2.05) is 0 Å². The highest BCUT2D eigenvalue weighted by atomic mass is 79.9. The van der Waals surface area contributed by atoms with Crippen LogP contribution in [0.4, 0.5) is 11.4 Å². The first-order valence-electron chi connectivity index (χ1n) is 8.03. The zero-order chi connectivity index (χ0) is 21.1. The fourth-order valence-corrected chi connectivity index (χ4v) is 2.72. The maximum atomic E-state index is 12.6. The van der Waals surface area contributed by atoms with Gasteiger partial charge in [0.05, 0.1) is 23.8 Å². The number of carbonyl (C=O) groups excluding carboxylic acids is 1. The molecule has 0 saturated heterocycles. The molecule has 1 heterocycles. The molecule has 0 fully saturated rings. The Balaban J connectivity index is 2.00. The average molecular weight is 461 g/mol. The Hall–Kier alpha value is -3.73. The summed E-state index contributed by atoms with van der Waals surface area (Å²) in [6.45, 7) is 0. The summed E-state index contributed by atoms with van der Waals surface area (Å²) in [5.74, 6) is -1.35. The van der Waals surface area contributed by atoms with Gasteiger partial charge in [0.25, 0.3) is 17.2 Å². The number of methoxy groups -OCH3 is 1. The molecule has 0 bridgehead atoms. The minimum absolute atomic E-state index is 0.122. The molecule has 0 unspecified atom stereocenters. The van der Waals surface area contributed by atoms with Crippen molar-refractivity contribution in [1.82, 2.24) is 9.78 Å². The second-order valence-corrected chi connectivity index (χ2v) is 6.61. The highest BCUT2D eigenvalue weighted by Gasteiger charge is 2.22. The van der Waals surface area contributed by atoms with Crippen molar-refractivity contribution in [1.29, 1.82) is 0 Å². The Morgan fingerprint density at radius 2 is 1.93 bits per heavy atom. The number of nitro benzene ring substituents is 1. The quantitative estimate of drug-likeness (QED) is 0.440. The Morgan fingerprint density at radius 1 is 1.24 bits per heavy atom. The van der Waals surface area contributed by atoms with Crippen molar-refractivity contribution in [3.05, 3.63) is 79.2 Å². The predicted molar refractivity (Wildman–Crippen MR) is 107 cm³/mol. The van der Waals surface area contributed by atoms with Crippen LogP contribution in [-0.2, 0) is 0 Å². The van der Waals surface area contributed by atoms with Crippen LogP contribution in [0.3, 0.4) is 0 Å². The number of anilines is 1. The van der Waals surface area contributed by atoms with Gasteiger partial charge in [0, 0.05) is 10.5 Å². The SMILES string of the molecule is COc1ccc(NC(=O)c2nn(-c3ccc(Br)cc3)c(=O)cc2O)c([N+](=O)[O-])c1. The third-order valence-corrected chi connectivity index (χ3v) is 4.38. The van der Waals surface area contributed by atoms with Crippen molar-refractivity contribution in [2.45, 2.75) is 0 Å². The largest absolute Gasteiger partial charge is 0.505 e. The summed E-state index contributed by atoms with van der Waals surface area (Å²) in [6, 6.07) is 11.2. The highest BCUT2D eigenvalue weighted by molar-refractivity contribution is 9.10. The molecule has 11 heteroatoms. The number of benzene rings is 2. The topological polar surface area (TPSA) is 137 Å². The van der Waals surface area contributed by atoms with Crippen molar-refractivity contribution >= 4 is 33.2 Å². The van der Waals surface area contributed by atoms with Crippen molar-refractivity contribution in [2.24, 2.45) is 0 Å². The first-order valence-corrected chi connectivity index (χ1v) is 8.82. The Kier molecular flexibility index (Phi) is 5.59. The molecule has 0 spiro atoms. The van der Waals surface area contributed by atoms with Crippen molar-refractivity contribution < 1.29 is 19.6 Å². The molecular formula is C18H13BrN4O6. The summed E-state index contributed by atoms with van der Waals surface area (Å²) in [4.78, 5) is 35.4. The van der Waals surface area contributed by atoms with Crippen LogP contribution in [0, 0.1) is 10.1 Å². The van der Waals surface area contributed by atoms with Crippen LogP contribution < -0.4 is 15.6 Å². The molecule has 2 N–H and O–H groups in total. The van der Waals surface area contributed by atoms with Crippen LogP contribution in [0.15, 0.2) is 57.8 Å². The van der Waals surface area contributed by atoms with Crippen molar-refractivity contribution in [3.63, 3.8) is 0 Å². The molecular weight excluding hydrogens is 448 g/mol. The number of hydrogen-bond acceptors (Lipinski definition) is 7. The van der Waals surface area contributed by atoms with Crippen LogP contribution in [0.2, 0.25) is 0 Å². The van der Waals surface area contributed by atoms with E-state index >= 15 is 0 Å². The Labute approximate surface area is 171 Å². The van der Waals surface area contributed by atoms with E-state index < -0.39 is 33.5 Å². The van der Waals surface area contributed by atoms with Gasteiger partial charge in [-0.2, -0.15) is 9.78 Å². The van der Waals surface area contributed by atoms with Gasteiger partial charge in [-0.1, -0.05) is 15.9 Å². The number of nitrogens with zero attached hydrogens (tertiary/aromatic N) is 3. The molecule has 2 aromatic carbocycles. The number of aromatic nitrogens is 2. The zero-order valence-electron chi connectivity index (χ0n) is 14.8. The van der Waals surface area contributed by atoms with E-state index in [0.29, 0.717) is 5.69 Å². The molecule has 0 saturated carbocycles. The summed E-state index contributed by atoms with van der Waals surface area (Å²) >= 11 is 3.28. The van der Waals surface area contributed by atoms with E-state index in [9.17, 15) is 24.8 Å². The molecule has 0 radical (unpaired) electrons. The van der Waals surface area contributed by atoms with Crippen molar-refractivity contribution in [2.75, 3.05) is 12.4 Å². The summed E-state index contributed by atoms with van der Waals surface area (Å²) in [5, 5.41) is 27.5. The van der Waals surface area contributed by atoms with Gasteiger partial charge in [0.15, 0.2) is 11.4 Å². The first kappa shape index (κ1) is 20.0. The lowest BCUT2D eigenvalue weighted by Gasteiger charge is -2.10. The van der Waals surface area contributed by atoms with Gasteiger partial charge in [0.2, 0.25) is 0 Å². The molecule has 148 valence electrons. The van der Waals surface area contributed by atoms with Gasteiger partial charge in [-0.3, -0.25) is 19.7 Å². The van der Waals surface area contributed by atoms with Gasteiger partial charge >= 0.3 is 0 Å². The number of rotatable bonds is 5. The summed E-state index contributed by atoms with van der Waals surface area (Å²) in [5.41, 5.74) is -1.29. The fourth-order valence-electron chi connectivity index (χ4n) is 2.45. The van der Waals surface area contributed by atoms with E-state index in [-0.39, 0.29) is 11.4 Å². The zero-order valence-corrected chi connectivity index (χ0v) is 16.4. The second-order valence-electron chi connectivity index (χ2n) is 5.70. The molecule has 0 aliphatic rings. The van der Waals surface area contributed by atoms with Gasteiger partial charge in [-0.15, -0.1) is 0 Å². The number of nitro groups is 1. The van der Waals surface area contributed by atoms with Gasteiger partial charge in [0.1, 0.15) is 11.4 Å². The lowest BCUT2D eigenvalue weighted by molar-refractivity contribution is -0.384. The molecule has 3 aromatic rings. The number of aromatic hydroxyl groups is 1. The standard InChI is InChI=1S/C18H13BrN4O6/c1-29-12-6-7-13(14(8-12)23(27)28)20-18(26)17-15(24)9-16(25)22(21-17)11-4-2-10(19)3-5-11/h2-9,24H,1H3,(H,20,26). The van der Waals surface area contributed by atoms with Crippen LogP contribution in [0.25, 0.3) is 5.69 Å². The molecule has 1 aromatic heterocycles. The third kappa shape index (κ3) is 4.24. The van der Waals surface area contributed by atoms with Crippen LogP contribution in [0.5, 0.6) is 11.5 Å². The molecule has 0 atom stereocenters. The molecule has 29 heavy (non-hydrogen) atoms. The minimum atomic E-state index is -0.929. The molecule has 3 rings (SSSR count). The number of nitrogens with one attached hydrogen (secondary N) is 1. The smallest absolute Gasteiger partial charge is 0.296 e. The van der Waals surface area contributed by atoms with Gasteiger partial charge in [-0.25, -0.2) is 0 Å². The van der Waals surface area contributed by atoms with E-state index in [4.69, 9.17) is 4.74 Å². The number of ether oxygens (including phenoxy) is 1. The minimum Gasteiger partial charge on any atom is -0.505 e. The molecule has 0 aliphatic carbocycles. The lowest BCUT2D eigenvalue weighted by atomic mass is 10.2. The maximum Gasteiger partial charge on any atom is 0.296 e. The summed E-state index contributed by atoms with van der Waals surface area (Å²) < 4.78 is 6.65. The lowest BCUT2D eigenvalue weighted by Crippen LogP contribution is -2.25. The summed E-state index contributed by atoms with van der Waals surface area (Å²) in [6.07, 6.45) is 0. The van der Waals surface area contributed by atoms with E-state index in [2.05, 4.69) is 26.3 Å². The first-order chi connectivity index (χ1) is 13.8. The number of hydrogen-bond donors (Lipinski definition) is 2. The maximum absolute atomic E-state index is 12.6. The van der Waals surface area contributed by atoms with E-state index in [1.165, 1.54) is 19.2 Å². The summed E-state index contributed by atoms with van der Waals surface area (Å²) in [7, 11) is 1.35. The van der Waals surface area contributed by atoms with Crippen LogP contribution in [0.1, 0.15) is 10.5 Å². The van der Waals surface area contributed by atoms with Gasteiger partial charge in [-0.05, 0) is 36.4 Å². The fraction of sp³-hybridized carbons (Fsp3) is 0.0556. The van der Waals surface area contributed by atoms with Crippen LogP contribution in [-0.4, -0.2) is 32.8 Å². The van der Waals surface area contributed by atoms with Crippen molar-refractivity contribution in [3.8, 4) is 17.2 Å². The number of amides is 1. The third-order valence-electron chi connectivity index (χ3n) is 3.85. The number of carbonyl (C=O) groups is 1. The second kappa shape index (κ2) is 8.10. The molecule has 10 nitrogen and oxygen atoms in total. The predicted octanol–water partition coefficient (Wildman–Crippen LogP) is 2.87. The average Bonchev–Trinajstić information content (AvgIpc) is 2.69. The monoisotopic (exact) mass is 460 g/mol.